The Hall–Kier alpha value is -3.57. The third-order valence-corrected chi connectivity index (χ3v) is 9.71. The monoisotopic (exact) mass is 603 g/mol. The predicted octanol–water partition coefficient (Wildman–Crippen LogP) is 4.86. The molecule has 0 atom stereocenters. The molecule has 42 heavy (non-hydrogen) atoms. The van der Waals surface area contributed by atoms with Gasteiger partial charge in [0.2, 0.25) is 5.91 Å². The smallest absolute Gasteiger partial charge is 0.291 e. The fourth-order valence-electron chi connectivity index (χ4n) is 5.61. The van der Waals surface area contributed by atoms with Crippen LogP contribution in [0.1, 0.15) is 45.1 Å². The summed E-state index contributed by atoms with van der Waals surface area (Å²) in [6, 6.07) is 11.8. The van der Waals surface area contributed by atoms with Gasteiger partial charge in [0.15, 0.2) is 5.82 Å². The summed E-state index contributed by atoms with van der Waals surface area (Å²) in [5.74, 6) is 0.214. The summed E-state index contributed by atoms with van der Waals surface area (Å²) in [5, 5.41) is 7.70. The van der Waals surface area contributed by atoms with Crippen LogP contribution in [0.2, 0.25) is 5.02 Å². The second-order valence-electron chi connectivity index (χ2n) is 10.9. The number of imidazole rings is 1. The minimum absolute atomic E-state index is 0.130. The van der Waals surface area contributed by atoms with Crippen LogP contribution in [0, 0.1) is 6.92 Å². The van der Waals surface area contributed by atoms with Gasteiger partial charge in [0.25, 0.3) is 5.91 Å². The Labute approximate surface area is 254 Å². The molecule has 0 saturated carbocycles. The summed E-state index contributed by atoms with van der Waals surface area (Å²) in [7, 11) is 3.84. The van der Waals surface area contributed by atoms with E-state index in [0.29, 0.717) is 42.7 Å². The molecule has 6 rings (SSSR count). The molecule has 9 nitrogen and oxygen atoms in total. The lowest BCUT2D eigenvalue weighted by Gasteiger charge is -2.20. The van der Waals surface area contributed by atoms with Gasteiger partial charge < -0.3 is 20.1 Å². The number of carbonyl (C=O) groups is 2. The number of carbonyl (C=O) groups excluding carboxylic acids is 2. The van der Waals surface area contributed by atoms with Gasteiger partial charge in [-0.2, -0.15) is 0 Å². The number of fused-ring (bicyclic) bond motifs is 2. The van der Waals surface area contributed by atoms with Crippen LogP contribution >= 0.6 is 22.9 Å². The molecule has 218 valence electrons. The minimum Gasteiger partial charge on any atom is -0.330 e. The zero-order valence-electron chi connectivity index (χ0n) is 24.3. The number of benzene rings is 2. The van der Waals surface area contributed by atoms with E-state index in [9.17, 15) is 9.59 Å². The highest BCUT2D eigenvalue weighted by Crippen LogP contribution is 2.41. The van der Waals surface area contributed by atoms with Gasteiger partial charge in [-0.25, -0.2) is 9.97 Å². The molecular formula is C31H34ClN7O2S. The number of halogens is 1. The van der Waals surface area contributed by atoms with Crippen LogP contribution in [0.15, 0.2) is 36.4 Å². The second kappa shape index (κ2) is 11.6. The third kappa shape index (κ3) is 5.24. The molecule has 0 bridgehead atoms. The molecule has 2 aromatic heterocycles. The Morgan fingerprint density at radius 3 is 2.62 bits per heavy atom. The highest BCUT2D eigenvalue weighted by atomic mass is 35.5. The third-order valence-electron chi connectivity index (χ3n) is 8.18. The lowest BCUT2D eigenvalue weighted by atomic mass is 9.96. The lowest BCUT2D eigenvalue weighted by molar-refractivity contribution is -0.132. The number of hydrogen-bond acceptors (Lipinski definition) is 7. The van der Waals surface area contributed by atoms with Crippen molar-refractivity contribution < 1.29 is 9.59 Å². The van der Waals surface area contributed by atoms with E-state index >= 15 is 0 Å². The van der Waals surface area contributed by atoms with E-state index in [2.05, 4.69) is 28.6 Å². The topological polar surface area (TPSA) is 95.4 Å². The van der Waals surface area contributed by atoms with Gasteiger partial charge in [0.1, 0.15) is 5.01 Å². The SMILES string of the molecule is CCN(C)CC(=O)N1Cc2nc(-c3cccc(-c4cccc(NC(=O)c5nc6c(n5C)CCNC6)c4Cl)c3C)sc2C1. The van der Waals surface area contributed by atoms with Crippen LogP contribution in [0.4, 0.5) is 5.69 Å². The Morgan fingerprint density at radius 2 is 1.86 bits per heavy atom. The highest BCUT2D eigenvalue weighted by Gasteiger charge is 2.28. The van der Waals surface area contributed by atoms with E-state index in [-0.39, 0.29) is 11.8 Å². The van der Waals surface area contributed by atoms with E-state index < -0.39 is 0 Å². The maximum atomic E-state index is 13.3. The van der Waals surface area contributed by atoms with Crippen molar-refractivity contribution in [3.63, 3.8) is 0 Å². The van der Waals surface area contributed by atoms with Crippen LogP contribution in [0.3, 0.4) is 0 Å². The number of nitrogens with zero attached hydrogens (tertiary/aromatic N) is 5. The highest BCUT2D eigenvalue weighted by molar-refractivity contribution is 7.15. The van der Waals surface area contributed by atoms with E-state index in [4.69, 9.17) is 16.6 Å². The summed E-state index contributed by atoms with van der Waals surface area (Å²) < 4.78 is 1.88. The quantitative estimate of drug-likeness (QED) is 0.313. The molecule has 0 fully saturated rings. The number of thiazole rings is 1. The molecule has 0 radical (unpaired) electrons. The number of anilines is 1. The molecule has 4 heterocycles. The Bertz CT molecular complexity index is 1670. The standard InChI is InChI=1S/C31H34ClN7O2S/c1-5-37(3)17-27(40)39-15-24-26(16-39)42-31(36-24)20-9-6-8-19(18(20)2)21-10-7-11-22(28(21)32)35-30(41)29-34-23-14-33-13-12-25(23)38(29)4/h6-11,33H,5,12-17H2,1-4H3,(H,35,41). The number of amides is 2. The van der Waals surface area contributed by atoms with Crippen molar-refractivity contribution in [3.8, 4) is 21.7 Å². The molecule has 0 aliphatic carbocycles. The van der Waals surface area contributed by atoms with Crippen LogP contribution in [0.5, 0.6) is 0 Å². The maximum Gasteiger partial charge on any atom is 0.291 e. The average Bonchev–Trinajstić information content (AvgIpc) is 3.66. The van der Waals surface area contributed by atoms with Gasteiger partial charge in [-0.1, -0.05) is 48.9 Å². The molecule has 2 aromatic carbocycles. The summed E-state index contributed by atoms with van der Waals surface area (Å²) in [6.07, 6.45) is 0.840. The van der Waals surface area contributed by atoms with Gasteiger partial charge in [0, 0.05) is 48.3 Å². The number of aromatic nitrogens is 3. The number of nitrogens with one attached hydrogen (secondary N) is 2. The average molecular weight is 604 g/mol. The van der Waals surface area contributed by atoms with Crippen molar-refractivity contribution in [2.75, 3.05) is 32.0 Å². The van der Waals surface area contributed by atoms with Crippen molar-refractivity contribution in [1.29, 1.82) is 0 Å². The van der Waals surface area contributed by atoms with Gasteiger partial charge in [0.05, 0.1) is 41.7 Å². The van der Waals surface area contributed by atoms with E-state index in [1.54, 1.807) is 11.3 Å². The summed E-state index contributed by atoms with van der Waals surface area (Å²) in [6.45, 7) is 8.06. The molecule has 2 amide bonds. The fraction of sp³-hybridized carbons (Fsp3) is 0.355. The first-order valence-electron chi connectivity index (χ1n) is 14.2. The number of likely N-dealkylation sites (N-methyl/N-ethyl adjacent to an activating group) is 1. The van der Waals surface area contributed by atoms with Crippen molar-refractivity contribution >= 4 is 40.4 Å². The fourth-order valence-corrected chi connectivity index (χ4v) is 7.05. The molecule has 2 aliphatic rings. The molecule has 0 saturated heterocycles. The van der Waals surface area contributed by atoms with Gasteiger partial charge in [-0.05, 0) is 37.7 Å². The van der Waals surface area contributed by atoms with Crippen molar-refractivity contribution in [3.05, 3.63) is 74.8 Å². The molecule has 11 heteroatoms. The normalized spacial score (nSPS) is 14.3. The van der Waals surface area contributed by atoms with Gasteiger partial charge in [-0.15, -0.1) is 11.3 Å². The molecule has 2 aliphatic heterocycles. The van der Waals surface area contributed by atoms with Gasteiger partial charge in [-0.3, -0.25) is 14.5 Å². The van der Waals surface area contributed by atoms with Crippen molar-refractivity contribution in [2.24, 2.45) is 7.05 Å². The van der Waals surface area contributed by atoms with Crippen LogP contribution in [0.25, 0.3) is 21.7 Å². The molecule has 4 aromatic rings. The summed E-state index contributed by atoms with van der Waals surface area (Å²) in [5.41, 5.74) is 7.40. The lowest BCUT2D eigenvalue weighted by Crippen LogP contribution is -2.35. The molecule has 0 spiro atoms. The van der Waals surface area contributed by atoms with Crippen molar-refractivity contribution in [1.82, 2.24) is 29.7 Å². The first-order valence-corrected chi connectivity index (χ1v) is 15.3. The zero-order chi connectivity index (χ0) is 29.5. The van der Waals surface area contributed by atoms with E-state index in [1.807, 2.05) is 65.7 Å². The Kier molecular flexibility index (Phi) is 7.89. The van der Waals surface area contributed by atoms with Crippen LogP contribution in [-0.4, -0.2) is 62.8 Å². The van der Waals surface area contributed by atoms with Gasteiger partial charge >= 0.3 is 0 Å². The molecular weight excluding hydrogens is 570 g/mol. The van der Waals surface area contributed by atoms with Crippen LogP contribution in [-0.2, 0) is 37.9 Å². The summed E-state index contributed by atoms with van der Waals surface area (Å²) >= 11 is 8.58. The Balaban J connectivity index is 1.23. The predicted molar refractivity (Wildman–Crippen MR) is 167 cm³/mol. The maximum absolute atomic E-state index is 13.3. The van der Waals surface area contributed by atoms with Crippen molar-refractivity contribution in [2.45, 2.75) is 39.9 Å². The number of hydrogen-bond donors (Lipinski definition) is 2. The Morgan fingerprint density at radius 1 is 1.10 bits per heavy atom. The van der Waals surface area contributed by atoms with E-state index in [1.165, 1.54) is 0 Å². The zero-order valence-corrected chi connectivity index (χ0v) is 25.8. The first-order chi connectivity index (χ1) is 20.2. The minimum atomic E-state index is -0.289. The summed E-state index contributed by atoms with van der Waals surface area (Å²) in [4.78, 5) is 40.5. The van der Waals surface area contributed by atoms with E-state index in [0.717, 1.165) is 68.7 Å². The molecule has 2 N–H and O–H groups in total. The molecule has 0 unspecified atom stereocenters. The first kappa shape index (κ1) is 28.5. The van der Waals surface area contributed by atoms with Crippen LogP contribution < -0.4 is 10.6 Å². The largest absolute Gasteiger partial charge is 0.330 e. The second-order valence-corrected chi connectivity index (χ2v) is 12.3. The number of rotatable bonds is 7.